The van der Waals surface area contributed by atoms with E-state index in [1.54, 1.807) is 0 Å². The van der Waals surface area contributed by atoms with Crippen LogP contribution in [0.3, 0.4) is 0 Å². The second-order valence-corrected chi connectivity index (χ2v) is 9.77. The Morgan fingerprint density at radius 3 is 2.65 bits per heavy atom. The van der Waals surface area contributed by atoms with Crippen LogP contribution in [-0.2, 0) is 32.6 Å². The normalized spacial score (nSPS) is 17.6. The van der Waals surface area contributed by atoms with E-state index in [1.165, 1.54) is 19.2 Å². The smallest absolute Gasteiger partial charge is 0.243 e. The largest absolute Gasteiger partial charge is 0.376 e. The van der Waals surface area contributed by atoms with Gasteiger partial charge in [-0.1, -0.05) is 24.3 Å². The molecule has 0 spiro atoms. The van der Waals surface area contributed by atoms with Crippen LogP contribution in [0, 0.1) is 5.82 Å². The highest BCUT2D eigenvalue weighted by Gasteiger charge is 2.23. The molecule has 1 saturated heterocycles. The number of halogens is 1. The van der Waals surface area contributed by atoms with E-state index in [4.69, 9.17) is 4.74 Å². The minimum Gasteiger partial charge on any atom is -0.376 e. The molecule has 7 nitrogen and oxygen atoms in total. The van der Waals surface area contributed by atoms with Crippen molar-refractivity contribution in [1.29, 1.82) is 0 Å². The maximum Gasteiger partial charge on any atom is 0.243 e. The van der Waals surface area contributed by atoms with E-state index >= 15 is 0 Å². The second-order valence-electron chi connectivity index (χ2n) is 7.73. The Bertz CT molecular complexity index is 998. The molecule has 1 aliphatic rings. The fourth-order valence-corrected chi connectivity index (χ4v) is 4.59. The van der Waals surface area contributed by atoms with Gasteiger partial charge in [-0.15, -0.1) is 0 Å². The van der Waals surface area contributed by atoms with Crippen molar-refractivity contribution >= 4 is 15.9 Å². The summed E-state index contributed by atoms with van der Waals surface area (Å²) in [4.78, 5) is 14.6. The summed E-state index contributed by atoms with van der Waals surface area (Å²) in [5.41, 5.74) is 2.09. The van der Waals surface area contributed by atoms with Crippen molar-refractivity contribution in [3.8, 4) is 0 Å². The van der Waals surface area contributed by atoms with E-state index in [9.17, 15) is 17.6 Å². The van der Waals surface area contributed by atoms with Gasteiger partial charge in [0.1, 0.15) is 5.82 Å². The molecular weight excluding hydrogens is 421 g/mol. The van der Waals surface area contributed by atoms with Crippen LogP contribution in [-0.4, -0.2) is 62.9 Å². The molecule has 0 bridgehead atoms. The van der Waals surface area contributed by atoms with E-state index in [2.05, 4.69) is 23.2 Å². The van der Waals surface area contributed by atoms with Crippen molar-refractivity contribution in [3.05, 3.63) is 65.5 Å². The Morgan fingerprint density at radius 1 is 1.23 bits per heavy atom. The number of benzene rings is 2. The molecule has 1 N–H and O–H groups in total. The summed E-state index contributed by atoms with van der Waals surface area (Å²) in [6, 6.07) is 12.5. The molecule has 0 radical (unpaired) electrons. The van der Waals surface area contributed by atoms with Gasteiger partial charge >= 0.3 is 0 Å². The Labute approximate surface area is 182 Å². The zero-order valence-corrected chi connectivity index (χ0v) is 18.6. The van der Waals surface area contributed by atoms with Crippen LogP contribution in [0.4, 0.5) is 4.39 Å². The molecule has 1 fully saturated rings. The van der Waals surface area contributed by atoms with Gasteiger partial charge in [-0.05, 0) is 42.3 Å². The third kappa shape index (κ3) is 6.57. The number of carbonyl (C=O) groups excluding carboxylic acids is 1. The zero-order chi connectivity index (χ0) is 22.4. The quantitative estimate of drug-likeness (QED) is 0.667. The number of amides is 1. The number of nitrogens with one attached hydrogen (secondary N) is 1. The van der Waals surface area contributed by atoms with Crippen LogP contribution < -0.4 is 5.32 Å². The number of sulfonamides is 1. The minimum absolute atomic E-state index is 0.0608. The van der Waals surface area contributed by atoms with E-state index in [-0.39, 0.29) is 17.5 Å². The molecule has 3 rings (SSSR count). The maximum absolute atomic E-state index is 13.0. The summed E-state index contributed by atoms with van der Waals surface area (Å²) in [7, 11) is -2.55. The number of carbonyl (C=O) groups is 1. The average molecular weight is 450 g/mol. The van der Waals surface area contributed by atoms with Crippen LogP contribution in [0.2, 0.25) is 0 Å². The topological polar surface area (TPSA) is 79.0 Å². The number of hydrogen-bond acceptors (Lipinski definition) is 5. The summed E-state index contributed by atoms with van der Waals surface area (Å²) in [5, 5.41) is 2.76. The molecule has 1 aliphatic heterocycles. The highest BCUT2D eigenvalue weighted by Crippen LogP contribution is 2.15. The minimum atomic E-state index is -3.87. The van der Waals surface area contributed by atoms with Crippen LogP contribution >= 0.6 is 0 Å². The van der Waals surface area contributed by atoms with Crippen LogP contribution in [0.25, 0.3) is 0 Å². The van der Waals surface area contributed by atoms with Crippen molar-refractivity contribution in [3.63, 3.8) is 0 Å². The van der Waals surface area contributed by atoms with Gasteiger partial charge in [0, 0.05) is 33.2 Å². The maximum atomic E-state index is 13.0. The number of rotatable bonds is 8. The van der Waals surface area contributed by atoms with Crippen molar-refractivity contribution in [2.75, 3.05) is 33.3 Å². The molecular formula is C22H28FN3O4S. The molecule has 31 heavy (non-hydrogen) atoms. The molecule has 1 amide bonds. The number of ether oxygens (including phenoxy) is 1. The van der Waals surface area contributed by atoms with Crippen molar-refractivity contribution < 1.29 is 22.3 Å². The fraction of sp³-hybridized carbons (Fsp3) is 0.409. The van der Waals surface area contributed by atoms with Gasteiger partial charge in [-0.3, -0.25) is 9.69 Å². The zero-order valence-electron chi connectivity index (χ0n) is 17.8. The molecule has 0 aromatic heterocycles. The van der Waals surface area contributed by atoms with Gasteiger partial charge in [0.2, 0.25) is 15.9 Å². The molecule has 9 heteroatoms. The number of hydrogen-bond donors (Lipinski definition) is 1. The summed E-state index contributed by atoms with van der Waals surface area (Å²) in [6.07, 6.45) is 0.222. The Hall–Kier alpha value is -2.33. The number of likely N-dealkylation sites (N-methyl/N-ethyl adjacent to an activating group) is 1. The third-order valence-electron chi connectivity index (χ3n) is 5.10. The molecule has 1 atom stereocenters. The lowest BCUT2D eigenvalue weighted by molar-refractivity contribution is -0.121. The molecule has 168 valence electrons. The van der Waals surface area contributed by atoms with Gasteiger partial charge in [0.05, 0.1) is 24.2 Å². The lowest BCUT2D eigenvalue weighted by atomic mass is 10.1. The van der Waals surface area contributed by atoms with Crippen LogP contribution in [0.5, 0.6) is 0 Å². The summed E-state index contributed by atoms with van der Waals surface area (Å²) >= 11 is 0. The van der Waals surface area contributed by atoms with Gasteiger partial charge in [-0.25, -0.2) is 12.8 Å². The van der Waals surface area contributed by atoms with Crippen molar-refractivity contribution in [2.45, 2.75) is 31.0 Å². The van der Waals surface area contributed by atoms with Gasteiger partial charge in [0.25, 0.3) is 0 Å². The first kappa shape index (κ1) is 23.3. The number of nitrogens with zero attached hydrogens (tertiary/aromatic N) is 2. The molecule has 2 aromatic carbocycles. The van der Waals surface area contributed by atoms with E-state index in [1.807, 2.05) is 18.2 Å². The first-order chi connectivity index (χ1) is 14.7. The third-order valence-corrected chi connectivity index (χ3v) is 6.92. The molecule has 2 aromatic rings. The van der Waals surface area contributed by atoms with Crippen LogP contribution in [0.1, 0.15) is 18.1 Å². The van der Waals surface area contributed by atoms with Gasteiger partial charge in [0.15, 0.2) is 0 Å². The highest BCUT2D eigenvalue weighted by molar-refractivity contribution is 7.89. The average Bonchev–Trinajstić information content (AvgIpc) is 2.73. The molecule has 1 heterocycles. The summed E-state index contributed by atoms with van der Waals surface area (Å²) < 4.78 is 44.6. The number of morpholine rings is 1. The molecule has 0 saturated carbocycles. The van der Waals surface area contributed by atoms with E-state index < -0.39 is 21.7 Å². The highest BCUT2D eigenvalue weighted by atomic mass is 32.2. The Morgan fingerprint density at radius 2 is 1.94 bits per heavy atom. The Balaban J connectivity index is 1.52. The fourth-order valence-electron chi connectivity index (χ4n) is 3.46. The van der Waals surface area contributed by atoms with Crippen molar-refractivity contribution in [1.82, 2.24) is 14.5 Å². The lowest BCUT2D eigenvalue weighted by Crippen LogP contribution is -2.40. The predicted molar refractivity (Wildman–Crippen MR) is 115 cm³/mol. The van der Waals surface area contributed by atoms with E-state index in [0.717, 1.165) is 53.8 Å². The Kier molecular flexibility index (Phi) is 7.77. The first-order valence-electron chi connectivity index (χ1n) is 10.1. The first-order valence-corrected chi connectivity index (χ1v) is 11.6. The second kappa shape index (κ2) is 10.3. The summed E-state index contributed by atoms with van der Waals surface area (Å²) in [6.45, 7) is 5.35. The predicted octanol–water partition coefficient (Wildman–Crippen LogP) is 1.98. The standard InChI is InChI=1S/C22H28FN3O4S/c1-17-14-26(10-11-30-17)15-19-5-3-4-18(12-19)13-24-22(27)16-25(2)31(28,29)21-8-6-20(23)7-9-21/h3-9,12,17H,10-11,13-16H2,1-2H3,(H,24,27). The molecule has 1 unspecified atom stereocenters. The van der Waals surface area contributed by atoms with Gasteiger partial charge < -0.3 is 10.1 Å². The monoisotopic (exact) mass is 449 g/mol. The van der Waals surface area contributed by atoms with Crippen molar-refractivity contribution in [2.24, 2.45) is 0 Å². The SMILES string of the molecule is CC1CN(Cc2cccc(CNC(=O)CN(C)S(=O)(=O)c3ccc(F)cc3)c2)CCO1. The van der Waals surface area contributed by atoms with Gasteiger partial charge in [-0.2, -0.15) is 4.31 Å². The van der Waals surface area contributed by atoms with Crippen LogP contribution in [0.15, 0.2) is 53.4 Å². The lowest BCUT2D eigenvalue weighted by Gasteiger charge is -2.31. The summed E-state index contributed by atoms with van der Waals surface area (Å²) in [5.74, 6) is -0.940. The molecule has 0 aliphatic carbocycles. The van der Waals surface area contributed by atoms with E-state index in [0.29, 0.717) is 6.54 Å².